The molecule has 0 unspecified atom stereocenters. The fraction of sp³-hybridized carbons (Fsp3) is 0.111. The van der Waals surface area contributed by atoms with Gasteiger partial charge in [-0.15, -0.1) is 0 Å². The van der Waals surface area contributed by atoms with E-state index >= 15 is 0 Å². The molecule has 0 aliphatic rings. The van der Waals surface area contributed by atoms with Gasteiger partial charge in [0.25, 0.3) is 0 Å². The lowest BCUT2D eigenvalue weighted by Crippen LogP contribution is -1.90. The third kappa shape index (κ3) is 2.24. The highest BCUT2D eigenvalue weighted by molar-refractivity contribution is 5.49. The van der Waals surface area contributed by atoms with E-state index in [0.29, 0.717) is 12.1 Å². The normalized spacial score (nSPS) is 10.8. The molecule has 0 fully saturated rings. The quantitative estimate of drug-likeness (QED) is 0.648. The third-order valence-corrected chi connectivity index (χ3v) is 1.41. The Balaban J connectivity index is 3.13. The first-order chi connectivity index (χ1) is 6.15. The lowest BCUT2D eigenvalue weighted by molar-refractivity contribution is 0.341. The highest BCUT2D eigenvalue weighted by atomic mass is 19.1. The number of ether oxygens (including phenoxy) is 1. The van der Waals surface area contributed by atoms with Gasteiger partial charge in [-0.05, 0) is 6.08 Å². The summed E-state index contributed by atoms with van der Waals surface area (Å²) in [7, 11) is 1.34. The summed E-state index contributed by atoms with van der Waals surface area (Å²) in [5.41, 5.74) is -0.316. The van der Waals surface area contributed by atoms with Crippen molar-refractivity contribution in [3.05, 3.63) is 41.4 Å². The maximum Gasteiger partial charge on any atom is 0.136 e. The van der Waals surface area contributed by atoms with E-state index in [2.05, 4.69) is 4.74 Å². The topological polar surface area (TPSA) is 9.23 Å². The number of rotatable bonds is 2. The van der Waals surface area contributed by atoms with E-state index in [-0.39, 0.29) is 5.56 Å². The molecule has 0 heterocycles. The van der Waals surface area contributed by atoms with Crippen LogP contribution in [0.4, 0.5) is 13.2 Å². The average molecular weight is 188 g/mol. The van der Waals surface area contributed by atoms with Gasteiger partial charge in [0.05, 0.1) is 13.4 Å². The summed E-state index contributed by atoms with van der Waals surface area (Å²) in [5.74, 6) is -2.85. The van der Waals surface area contributed by atoms with Gasteiger partial charge in [-0.2, -0.15) is 0 Å². The summed E-state index contributed by atoms with van der Waals surface area (Å²) in [6, 6.07) is 1.22. The van der Waals surface area contributed by atoms with Gasteiger partial charge in [0.1, 0.15) is 17.5 Å². The fourth-order valence-electron chi connectivity index (χ4n) is 0.849. The highest BCUT2D eigenvalue weighted by Gasteiger charge is 2.07. The van der Waals surface area contributed by atoms with Gasteiger partial charge < -0.3 is 4.74 Å². The van der Waals surface area contributed by atoms with Crippen LogP contribution in [-0.4, -0.2) is 7.11 Å². The van der Waals surface area contributed by atoms with E-state index in [0.717, 1.165) is 12.3 Å². The van der Waals surface area contributed by atoms with Crippen LogP contribution < -0.4 is 0 Å². The van der Waals surface area contributed by atoms with E-state index in [4.69, 9.17) is 0 Å². The number of hydrogen-bond acceptors (Lipinski definition) is 1. The molecule has 0 aromatic heterocycles. The molecule has 1 aromatic rings. The van der Waals surface area contributed by atoms with Gasteiger partial charge in [0.2, 0.25) is 0 Å². The third-order valence-electron chi connectivity index (χ3n) is 1.41. The van der Waals surface area contributed by atoms with E-state index in [9.17, 15) is 13.2 Å². The summed E-state index contributed by atoms with van der Waals surface area (Å²) in [6.45, 7) is 0. The standard InChI is InChI=1S/C9H7F3O/c1-13-3-2-7-8(11)4-6(10)5-9(7)12/h2-5H,1H3/b3-2+. The van der Waals surface area contributed by atoms with Gasteiger partial charge in [-0.25, -0.2) is 13.2 Å². The van der Waals surface area contributed by atoms with Crippen LogP contribution in [0.3, 0.4) is 0 Å². The Hall–Kier alpha value is -1.45. The monoisotopic (exact) mass is 188 g/mol. The Labute approximate surface area is 73.4 Å². The number of halogens is 3. The molecule has 0 radical (unpaired) electrons. The molecule has 1 nitrogen and oxygen atoms in total. The van der Waals surface area contributed by atoms with Crippen molar-refractivity contribution >= 4 is 6.08 Å². The first kappa shape index (κ1) is 9.64. The van der Waals surface area contributed by atoms with Crippen LogP contribution in [0.1, 0.15) is 5.56 Å². The van der Waals surface area contributed by atoms with Gasteiger partial charge >= 0.3 is 0 Å². The molecule has 70 valence electrons. The summed E-state index contributed by atoms with van der Waals surface area (Å²) in [4.78, 5) is 0. The first-order valence-electron chi connectivity index (χ1n) is 3.49. The van der Waals surface area contributed by atoms with Gasteiger partial charge in [0.15, 0.2) is 0 Å². The minimum absolute atomic E-state index is 0.316. The molecule has 0 saturated carbocycles. The molecule has 0 aliphatic carbocycles. The molecule has 0 aliphatic heterocycles. The zero-order valence-corrected chi connectivity index (χ0v) is 6.85. The van der Waals surface area contributed by atoms with Crippen molar-refractivity contribution in [2.24, 2.45) is 0 Å². The summed E-state index contributed by atoms with van der Waals surface area (Å²) in [6.07, 6.45) is 2.20. The molecule has 0 bridgehead atoms. The van der Waals surface area contributed by atoms with Crippen LogP contribution in [0, 0.1) is 17.5 Å². The number of methoxy groups -OCH3 is 1. The van der Waals surface area contributed by atoms with Gasteiger partial charge in [-0.1, -0.05) is 0 Å². The number of benzene rings is 1. The maximum atomic E-state index is 12.8. The predicted molar refractivity (Wildman–Crippen MR) is 42.4 cm³/mol. The van der Waals surface area contributed by atoms with Crippen molar-refractivity contribution in [3.63, 3.8) is 0 Å². The minimum atomic E-state index is -0.953. The van der Waals surface area contributed by atoms with Crippen LogP contribution in [0.2, 0.25) is 0 Å². The molecular formula is C9H7F3O. The Morgan fingerprint density at radius 3 is 2.15 bits per heavy atom. The van der Waals surface area contributed by atoms with Crippen molar-refractivity contribution in [2.45, 2.75) is 0 Å². The zero-order chi connectivity index (χ0) is 9.84. The molecule has 1 rings (SSSR count). The highest BCUT2D eigenvalue weighted by Crippen LogP contribution is 2.15. The largest absolute Gasteiger partial charge is 0.504 e. The first-order valence-corrected chi connectivity index (χ1v) is 3.49. The minimum Gasteiger partial charge on any atom is -0.504 e. The van der Waals surface area contributed by atoms with Crippen molar-refractivity contribution in [2.75, 3.05) is 7.11 Å². The van der Waals surface area contributed by atoms with E-state index in [1.165, 1.54) is 7.11 Å². The second kappa shape index (κ2) is 3.98. The lowest BCUT2D eigenvalue weighted by Gasteiger charge is -1.98. The maximum absolute atomic E-state index is 12.8. The summed E-state index contributed by atoms with van der Waals surface area (Å²) < 4.78 is 42.6. The van der Waals surface area contributed by atoms with Crippen LogP contribution in [-0.2, 0) is 4.74 Å². The summed E-state index contributed by atoms with van der Waals surface area (Å²) in [5, 5.41) is 0. The van der Waals surface area contributed by atoms with Crippen molar-refractivity contribution < 1.29 is 17.9 Å². The van der Waals surface area contributed by atoms with Gasteiger partial charge in [-0.3, -0.25) is 0 Å². The SMILES string of the molecule is CO/C=C/c1c(F)cc(F)cc1F. The molecule has 1 aromatic carbocycles. The van der Waals surface area contributed by atoms with E-state index in [1.54, 1.807) is 0 Å². The second-order valence-electron chi connectivity index (χ2n) is 2.32. The van der Waals surface area contributed by atoms with Crippen LogP contribution in [0.25, 0.3) is 6.08 Å². The predicted octanol–water partition coefficient (Wildman–Crippen LogP) is 2.72. The molecule has 0 N–H and O–H groups in total. The zero-order valence-electron chi connectivity index (χ0n) is 6.85. The molecule has 0 saturated heterocycles. The van der Waals surface area contributed by atoms with Crippen molar-refractivity contribution in [3.8, 4) is 0 Å². The van der Waals surface area contributed by atoms with Crippen molar-refractivity contribution in [1.82, 2.24) is 0 Å². The van der Waals surface area contributed by atoms with E-state index in [1.807, 2.05) is 0 Å². The molecular weight excluding hydrogens is 181 g/mol. The Morgan fingerprint density at radius 2 is 1.69 bits per heavy atom. The van der Waals surface area contributed by atoms with Gasteiger partial charge in [0, 0.05) is 17.7 Å². The van der Waals surface area contributed by atoms with Crippen molar-refractivity contribution in [1.29, 1.82) is 0 Å². The Kier molecular flexibility index (Phi) is 2.95. The molecule has 4 heteroatoms. The fourth-order valence-corrected chi connectivity index (χ4v) is 0.849. The number of hydrogen-bond donors (Lipinski definition) is 0. The van der Waals surface area contributed by atoms with E-state index < -0.39 is 17.5 Å². The average Bonchev–Trinajstić information content (AvgIpc) is 2.02. The lowest BCUT2D eigenvalue weighted by atomic mass is 10.2. The van der Waals surface area contributed by atoms with Crippen LogP contribution >= 0.6 is 0 Å². The molecule has 0 spiro atoms. The molecule has 0 amide bonds. The molecule has 13 heavy (non-hydrogen) atoms. The second-order valence-corrected chi connectivity index (χ2v) is 2.32. The Bertz CT molecular complexity index is 311. The molecule has 0 atom stereocenters. The smallest absolute Gasteiger partial charge is 0.136 e. The Morgan fingerprint density at radius 1 is 1.15 bits per heavy atom. The summed E-state index contributed by atoms with van der Waals surface area (Å²) >= 11 is 0. The van der Waals surface area contributed by atoms with Crippen LogP contribution in [0.15, 0.2) is 18.4 Å². The van der Waals surface area contributed by atoms with Crippen LogP contribution in [0.5, 0.6) is 0 Å².